The van der Waals surface area contributed by atoms with E-state index in [1.807, 2.05) is 24.3 Å². The second kappa shape index (κ2) is 6.98. The van der Waals surface area contributed by atoms with Gasteiger partial charge in [0.25, 0.3) is 0 Å². The predicted octanol–water partition coefficient (Wildman–Crippen LogP) is 5.60. The normalized spacial score (nSPS) is 17.5. The van der Waals surface area contributed by atoms with E-state index in [4.69, 9.17) is 5.84 Å². The van der Waals surface area contributed by atoms with Gasteiger partial charge >= 0.3 is 5.97 Å². The van der Waals surface area contributed by atoms with Crippen LogP contribution in [0.3, 0.4) is 0 Å². The summed E-state index contributed by atoms with van der Waals surface area (Å²) in [4.78, 5) is 11.2. The summed E-state index contributed by atoms with van der Waals surface area (Å²) in [5.41, 5.74) is 5.97. The van der Waals surface area contributed by atoms with Crippen LogP contribution in [0.1, 0.15) is 73.1 Å². The van der Waals surface area contributed by atoms with E-state index in [1.165, 1.54) is 17.5 Å². The zero-order chi connectivity index (χ0) is 21.7. The van der Waals surface area contributed by atoms with Gasteiger partial charge in [-0.25, -0.2) is 4.79 Å². The highest BCUT2D eigenvalue weighted by Crippen LogP contribution is 2.46. The van der Waals surface area contributed by atoms with E-state index in [2.05, 4.69) is 51.0 Å². The molecule has 0 radical (unpaired) electrons. The van der Waals surface area contributed by atoms with E-state index in [1.54, 1.807) is 12.1 Å². The maximum Gasteiger partial charge on any atom is 0.335 e. The zero-order valence-corrected chi connectivity index (χ0v) is 18.0. The van der Waals surface area contributed by atoms with Crippen LogP contribution in [0.5, 0.6) is 0 Å². The van der Waals surface area contributed by atoms with Crippen molar-refractivity contribution in [2.75, 3.05) is 0 Å². The SMILES string of the molecule is CC1(C)CCC(C)(C)c2cc(/C(=N/N)c3ccc4cc(C(=O)O)ccc4c3)ccc21. The van der Waals surface area contributed by atoms with Crippen LogP contribution in [0, 0.1) is 0 Å². The predicted molar refractivity (Wildman–Crippen MR) is 122 cm³/mol. The Morgan fingerprint density at radius 1 is 0.800 bits per heavy atom. The largest absolute Gasteiger partial charge is 0.478 e. The van der Waals surface area contributed by atoms with E-state index >= 15 is 0 Å². The molecule has 0 bridgehead atoms. The highest BCUT2D eigenvalue weighted by molar-refractivity contribution is 6.14. The highest BCUT2D eigenvalue weighted by atomic mass is 16.4. The van der Waals surface area contributed by atoms with Crippen LogP contribution in [0.2, 0.25) is 0 Å². The van der Waals surface area contributed by atoms with Crippen molar-refractivity contribution in [2.45, 2.75) is 51.4 Å². The molecule has 0 spiro atoms. The molecule has 1 aliphatic carbocycles. The molecule has 4 heteroatoms. The van der Waals surface area contributed by atoms with Crippen molar-refractivity contribution in [1.82, 2.24) is 0 Å². The Hall–Kier alpha value is -3.14. The molecule has 0 saturated heterocycles. The lowest BCUT2D eigenvalue weighted by atomic mass is 9.63. The molecule has 0 heterocycles. The number of nitrogens with two attached hydrogens (primary N) is 1. The van der Waals surface area contributed by atoms with E-state index in [0.29, 0.717) is 0 Å². The van der Waals surface area contributed by atoms with Crippen LogP contribution >= 0.6 is 0 Å². The van der Waals surface area contributed by atoms with E-state index in [-0.39, 0.29) is 16.4 Å². The maximum absolute atomic E-state index is 11.2. The highest BCUT2D eigenvalue weighted by Gasteiger charge is 2.37. The molecule has 0 amide bonds. The number of carboxylic acids is 1. The second-order valence-electron chi connectivity index (χ2n) is 9.59. The number of hydrogen-bond donors (Lipinski definition) is 2. The Bertz CT molecular complexity index is 1190. The standard InChI is InChI=1S/C26H28N2O2/c1-25(2)11-12-26(3,4)22-15-19(9-10-21(22)25)23(28-27)18-7-5-17-14-20(24(29)30)8-6-16(17)13-18/h5-10,13-15H,11-12,27H2,1-4H3,(H,29,30)/b28-23+. The fourth-order valence-corrected chi connectivity index (χ4v) is 4.58. The fraction of sp³-hybridized carbons (Fsp3) is 0.308. The molecule has 0 saturated carbocycles. The third kappa shape index (κ3) is 3.36. The molecular formula is C26H28N2O2. The fourth-order valence-electron chi connectivity index (χ4n) is 4.58. The average molecular weight is 401 g/mol. The minimum Gasteiger partial charge on any atom is -0.478 e. The lowest BCUT2D eigenvalue weighted by molar-refractivity contribution is 0.0697. The minimum atomic E-state index is -0.926. The van der Waals surface area contributed by atoms with Crippen molar-refractivity contribution in [1.29, 1.82) is 0 Å². The summed E-state index contributed by atoms with van der Waals surface area (Å²) in [6.45, 7) is 9.24. The summed E-state index contributed by atoms with van der Waals surface area (Å²) in [6, 6.07) is 17.6. The molecular weight excluding hydrogens is 372 g/mol. The van der Waals surface area contributed by atoms with Gasteiger partial charge in [0.2, 0.25) is 0 Å². The number of carboxylic acid groups (broad SMARTS) is 1. The number of carbonyl (C=O) groups is 1. The maximum atomic E-state index is 11.2. The molecule has 0 fully saturated rings. The van der Waals surface area contributed by atoms with Crippen molar-refractivity contribution in [3.8, 4) is 0 Å². The first-order valence-electron chi connectivity index (χ1n) is 10.3. The Labute approximate surface area is 177 Å². The van der Waals surface area contributed by atoms with Crippen LogP contribution in [-0.2, 0) is 10.8 Å². The number of hydrogen-bond acceptors (Lipinski definition) is 3. The smallest absolute Gasteiger partial charge is 0.335 e. The van der Waals surface area contributed by atoms with Crippen LogP contribution in [0.25, 0.3) is 10.8 Å². The molecule has 30 heavy (non-hydrogen) atoms. The molecule has 0 aliphatic heterocycles. The van der Waals surface area contributed by atoms with Gasteiger partial charge in [0.15, 0.2) is 0 Å². The van der Waals surface area contributed by atoms with Gasteiger partial charge < -0.3 is 10.9 Å². The molecule has 0 unspecified atom stereocenters. The summed E-state index contributed by atoms with van der Waals surface area (Å²) >= 11 is 0. The number of fused-ring (bicyclic) bond motifs is 2. The number of benzene rings is 3. The van der Waals surface area contributed by atoms with Crippen LogP contribution in [0.15, 0.2) is 59.7 Å². The van der Waals surface area contributed by atoms with Crippen molar-refractivity contribution in [2.24, 2.45) is 10.9 Å². The van der Waals surface area contributed by atoms with E-state index < -0.39 is 5.97 Å². The monoisotopic (exact) mass is 400 g/mol. The van der Waals surface area contributed by atoms with Crippen molar-refractivity contribution >= 4 is 22.5 Å². The minimum absolute atomic E-state index is 0.108. The lowest BCUT2D eigenvalue weighted by Crippen LogP contribution is -2.34. The van der Waals surface area contributed by atoms with Crippen LogP contribution in [0.4, 0.5) is 0 Å². The summed E-state index contributed by atoms with van der Waals surface area (Å²) in [7, 11) is 0. The molecule has 4 nitrogen and oxygen atoms in total. The summed E-state index contributed by atoms with van der Waals surface area (Å²) in [5.74, 6) is 4.93. The number of hydrazone groups is 1. The third-order valence-corrected chi connectivity index (χ3v) is 6.62. The van der Waals surface area contributed by atoms with Crippen molar-refractivity contribution in [3.05, 3.63) is 82.4 Å². The zero-order valence-electron chi connectivity index (χ0n) is 18.0. The summed E-state index contributed by atoms with van der Waals surface area (Å²) in [6.07, 6.45) is 2.32. The molecule has 4 rings (SSSR count). The number of rotatable bonds is 3. The van der Waals surface area contributed by atoms with Gasteiger partial charge in [-0.1, -0.05) is 58.0 Å². The molecule has 1 aliphatic rings. The quantitative estimate of drug-likeness (QED) is 0.341. The van der Waals surface area contributed by atoms with Crippen molar-refractivity contribution in [3.63, 3.8) is 0 Å². The van der Waals surface area contributed by atoms with Gasteiger partial charge in [-0.05, 0) is 69.8 Å². The third-order valence-electron chi connectivity index (χ3n) is 6.62. The van der Waals surface area contributed by atoms with Gasteiger partial charge in [-0.2, -0.15) is 5.10 Å². The Morgan fingerprint density at radius 3 is 1.90 bits per heavy atom. The first kappa shape index (κ1) is 20.1. The average Bonchev–Trinajstić information content (AvgIpc) is 2.71. The Kier molecular flexibility index (Phi) is 4.69. The molecule has 3 aromatic rings. The topological polar surface area (TPSA) is 75.7 Å². The Balaban J connectivity index is 1.80. The summed E-state index contributed by atoms with van der Waals surface area (Å²) < 4.78 is 0. The molecule has 0 aromatic heterocycles. The molecule has 3 aromatic carbocycles. The summed E-state index contributed by atoms with van der Waals surface area (Å²) in [5, 5.41) is 15.2. The lowest BCUT2D eigenvalue weighted by Gasteiger charge is -2.42. The second-order valence-corrected chi connectivity index (χ2v) is 9.59. The van der Waals surface area contributed by atoms with Gasteiger partial charge in [0.05, 0.1) is 11.3 Å². The number of aromatic carboxylic acids is 1. The first-order chi connectivity index (χ1) is 14.1. The van der Waals surface area contributed by atoms with Crippen molar-refractivity contribution < 1.29 is 9.90 Å². The van der Waals surface area contributed by atoms with Gasteiger partial charge in [0, 0.05) is 11.1 Å². The number of nitrogens with zero attached hydrogens (tertiary/aromatic N) is 1. The molecule has 0 atom stereocenters. The van der Waals surface area contributed by atoms with Gasteiger partial charge in [-0.3, -0.25) is 0 Å². The van der Waals surface area contributed by atoms with E-state index in [9.17, 15) is 9.90 Å². The Morgan fingerprint density at radius 2 is 1.30 bits per heavy atom. The van der Waals surface area contributed by atoms with Crippen LogP contribution < -0.4 is 5.84 Å². The van der Waals surface area contributed by atoms with Gasteiger partial charge in [-0.15, -0.1) is 0 Å². The first-order valence-corrected chi connectivity index (χ1v) is 10.3. The molecule has 3 N–H and O–H groups in total. The van der Waals surface area contributed by atoms with Gasteiger partial charge in [0.1, 0.15) is 0 Å². The molecule has 154 valence electrons. The van der Waals surface area contributed by atoms with E-state index in [0.717, 1.165) is 34.0 Å². The van der Waals surface area contributed by atoms with Crippen LogP contribution in [-0.4, -0.2) is 16.8 Å².